The quantitative estimate of drug-likeness (QED) is 0.773. The summed E-state index contributed by atoms with van der Waals surface area (Å²) >= 11 is 0. The maximum Gasteiger partial charge on any atom is 0.168 e. The van der Waals surface area contributed by atoms with Gasteiger partial charge in [-0.3, -0.25) is 0 Å². The molecule has 0 saturated heterocycles. The van der Waals surface area contributed by atoms with E-state index in [0.29, 0.717) is 5.75 Å². The van der Waals surface area contributed by atoms with Gasteiger partial charge in [-0.05, 0) is 24.6 Å². The SMILES string of the molecule is CC1=C(Oc2ccccc2O)CC=C1. The van der Waals surface area contributed by atoms with Gasteiger partial charge in [-0.2, -0.15) is 0 Å². The van der Waals surface area contributed by atoms with Crippen molar-refractivity contribution >= 4 is 0 Å². The fraction of sp³-hybridized carbons (Fsp3) is 0.167. The molecule has 0 spiro atoms. The number of hydrogen-bond acceptors (Lipinski definition) is 2. The number of allylic oxidation sites excluding steroid dienone is 3. The molecular weight excluding hydrogens is 176 g/mol. The van der Waals surface area contributed by atoms with Gasteiger partial charge in [0.05, 0.1) is 0 Å². The number of aromatic hydroxyl groups is 1. The predicted molar refractivity (Wildman–Crippen MR) is 55.2 cm³/mol. The van der Waals surface area contributed by atoms with Crippen LogP contribution in [0, 0.1) is 0 Å². The van der Waals surface area contributed by atoms with E-state index in [-0.39, 0.29) is 5.75 Å². The molecule has 2 heteroatoms. The van der Waals surface area contributed by atoms with Gasteiger partial charge < -0.3 is 9.84 Å². The van der Waals surface area contributed by atoms with Crippen molar-refractivity contribution in [3.8, 4) is 11.5 Å². The molecule has 1 N–H and O–H groups in total. The summed E-state index contributed by atoms with van der Waals surface area (Å²) in [6.07, 6.45) is 4.88. The minimum Gasteiger partial charge on any atom is -0.504 e. The molecule has 72 valence electrons. The number of ether oxygens (including phenoxy) is 1. The molecule has 1 aromatic rings. The Morgan fingerprint density at radius 1 is 1.29 bits per heavy atom. The third-order valence-electron chi connectivity index (χ3n) is 2.21. The first kappa shape index (κ1) is 8.88. The molecule has 0 aliphatic heterocycles. The molecule has 2 nitrogen and oxygen atoms in total. The van der Waals surface area contributed by atoms with E-state index in [1.807, 2.05) is 25.1 Å². The lowest BCUT2D eigenvalue weighted by Gasteiger charge is -2.08. The van der Waals surface area contributed by atoms with E-state index in [9.17, 15) is 5.11 Å². The Morgan fingerprint density at radius 2 is 2.07 bits per heavy atom. The molecule has 0 unspecified atom stereocenters. The molecule has 1 aliphatic carbocycles. The van der Waals surface area contributed by atoms with E-state index >= 15 is 0 Å². The molecule has 0 aromatic heterocycles. The number of hydrogen-bond donors (Lipinski definition) is 1. The highest BCUT2D eigenvalue weighted by molar-refractivity contribution is 5.41. The second kappa shape index (κ2) is 3.58. The first-order chi connectivity index (χ1) is 6.77. The van der Waals surface area contributed by atoms with Gasteiger partial charge in [-0.15, -0.1) is 0 Å². The van der Waals surface area contributed by atoms with E-state index in [1.54, 1.807) is 18.2 Å². The lowest BCUT2D eigenvalue weighted by atomic mass is 10.3. The lowest BCUT2D eigenvalue weighted by molar-refractivity contribution is 0.375. The number of phenols is 1. The van der Waals surface area contributed by atoms with Crippen molar-refractivity contribution in [1.29, 1.82) is 0 Å². The molecule has 2 rings (SSSR count). The zero-order chi connectivity index (χ0) is 9.97. The fourth-order valence-corrected chi connectivity index (χ4v) is 1.40. The molecule has 1 aromatic carbocycles. The first-order valence-corrected chi connectivity index (χ1v) is 4.59. The molecule has 0 radical (unpaired) electrons. The van der Waals surface area contributed by atoms with Gasteiger partial charge in [0.15, 0.2) is 11.5 Å². The van der Waals surface area contributed by atoms with Crippen molar-refractivity contribution in [3.05, 3.63) is 47.7 Å². The van der Waals surface area contributed by atoms with Gasteiger partial charge in [0.25, 0.3) is 0 Å². The Balaban J connectivity index is 2.20. The van der Waals surface area contributed by atoms with E-state index in [4.69, 9.17) is 4.74 Å². The van der Waals surface area contributed by atoms with E-state index in [0.717, 1.165) is 17.8 Å². The van der Waals surface area contributed by atoms with Gasteiger partial charge in [0, 0.05) is 6.42 Å². The highest BCUT2D eigenvalue weighted by atomic mass is 16.5. The van der Waals surface area contributed by atoms with Crippen molar-refractivity contribution in [2.75, 3.05) is 0 Å². The first-order valence-electron chi connectivity index (χ1n) is 4.59. The molecule has 0 fully saturated rings. The summed E-state index contributed by atoms with van der Waals surface area (Å²) in [5.41, 5.74) is 1.12. The molecule has 0 heterocycles. The van der Waals surface area contributed by atoms with Crippen LogP contribution in [0.25, 0.3) is 0 Å². The fourth-order valence-electron chi connectivity index (χ4n) is 1.40. The number of para-hydroxylation sites is 2. The van der Waals surface area contributed by atoms with Crippen LogP contribution in [-0.4, -0.2) is 5.11 Å². The molecular formula is C12H12O2. The summed E-state index contributed by atoms with van der Waals surface area (Å²) in [5, 5.41) is 9.49. The Morgan fingerprint density at radius 3 is 2.71 bits per heavy atom. The molecule has 0 amide bonds. The van der Waals surface area contributed by atoms with Crippen LogP contribution in [0.1, 0.15) is 13.3 Å². The van der Waals surface area contributed by atoms with Crippen LogP contribution in [0.2, 0.25) is 0 Å². The van der Waals surface area contributed by atoms with Crippen molar-refractivity contribution < 1.29 is 9.84 Å². The van der Waals surface area contributed by atoms with Crippen molar-refractivity contribution in [1.82, 2.24) is 0 Å². The third kappa shape index (κ3) is 1.64. The van der Waals surface area contributed by atoms with Gasteiger partial charge >= 0.3 is 0 Å². The van der Waals surface area contributed by atoms with Gasteiger partial charge in [0.2, 0.25) is 0 Å². The van der Waals surface area contributed by atoms with Crippen LogP contribution in [0.4, 0.5) is 0 Å². The average molecular weight is 188 g/mol. The summed E-state index contributed by atoms with van der Waals surface area (Å²) in [5.74, 6) is 1.61. The smallest absolute Gasteiger partial charge is 0.168 e. The van der Waals surface area contributed by atoms with E-state index in [2.05, 4.69) is 0 Å². The number of rotatable bonds is 2. The highest BCUT2D eigenvalue weighted by Gasteiger charge is 2.09. The van der Waals surface area contributed by atoms with Gasteiger partial charge in [-0.25, -0.2) is 0 Å². The summed E-state index contributed by atoms with van der Waals surface area (Å²) in [6.45, 7) is 2.00. The molecule has 0 bridgehead atoms. The second-order valence-electron chi connectivity index (χ2n) is 3.28. The molecule has 14 heavy (non-hydrogen) atoms. The maximum absolute atomic E-state index is 9.49. The van der Waals surface area contributed by atoms with Crippen LogP contribution in [0.3, 0.4) is 0 Å². The van der Waals surface area contributed by atoms with Crippen LogP contribution >= 0.6 is 0 Å². The largest absolute Gasteiger partial charge is 0.504 e. The van der Waals surface area contributed by atoms with Crippen molar-refractivity contribution in [3.63, 3.8) is 0 Å². The highest BCUT2D eigenvalue weighted by Crippen LogP contribution is 2.29. The van der Waals surface area contributed by atoms with Crippen molar-refractivity contribution in [2.45, 2.75) is 13.3 Å². The predicted octanol–water partition coefficient (Wildman–Crippen LogP) is 3.00. The van der Waals surface area contributed by atoms with Gasteiger partial charge in [0.1, 0.15) is 5.76 Å². The zero-order valence-electron chi connectivity index (χ0n) is 8.03. The lowest BCUT2D eigenvalue weighted by Crippen LogP contribution is -1.94. The average Bonchev–Trinajstić information content (AvgIpc) is 2.56. The molecule has 0 saturated carbocycles. The number of benzene rings is 1. The normalized spacial score (nSPS) is 14.9. The Bertz CT molecular complexity index is 403. The minimum atomic E-state index is 0.180. The minimum absolute atomic E-state index is 0.180. The molecule has 0 atom stereocenters. The Kier molecular flexibility index (Phi) is 2.27. The van der Waals surface area contributed by atoms with E-state index in [1.165, 1.54) is 0 Å². The topological polar surface area (TPSA) is 29.5 Å². The Labute approximate surface area is 83.1 Å². The maximum atomic E-state index is 9.49. The summed E-state index contributed by atoms with van der Waals surface area (Å²) in [7, 11) is 0. The zero-order valence-corrected chi connectivity index (χ0v) is 8.03. The van der Waals surface area contributed by atoms with Crippen LogP contribution < -0.4 is 4.74 Å². The Hall–Kier alpha value is -1.70. The van der Waals surface area contributed by atoms with Gasteiger partial charge in [-0.1, -0.05) is 24.3 Å². The standard InChI is InChI=1S/C12H12O2/c1-9-5-4-8-11(9)14-12-7-3-2-6-10(12)13/h2-7,13H,8H2,1H3. The summed E-state index contributed by atoms with van der Waals surface area (Å²) in [4.78, 5) is 0. The monoisotopic (exact) mass is 188 g/mol. The summed E-state index contributed by atoms with van der Waals surface area (Å²) in [6, 6.07) is 6.99. The van der Waals surface area contributed by atoms with Crippen LogP contribution in [0.5, 0.6) is 11.5 Å². The molecule has 1 aliphatic rings. The number of phenolic OH excluding ortho intramolecular Hbond substituents is 1. The van der Waals surface area contributed by atoms with Crippen molar-refractivity contribution in [2.24, 2.45) is 0 Å². The van der Waals surface area contributed by atoms with E-state index < -0.39 is 0 Å². The second-order valence-corrected chi connectivity index (χ2v) is 3.28. The van der Waals surface area contributed by atoms with Crippen LogP contribution in [-0.2, 0) is 0 Å². The summed E-state index contributed by atoms with van der Waals surface area (Å²) < 4.78 is 5.59. The van der Waals surface area contributed by atoms with Crippen LogP contribution in [0.15, 0.2) is 47.7 Å². The third-order valence-corrected chi connectivity index (χ3v) is 2.21.